The van der Waals surface area contributed by atoms with Gasteiger partial charge in [-0.25, -0.2) is 12.8 Å². The number of hydrogen-bond acceptors (Lipinski definition) is 6. The number of rotatable bonds is 5. The Balaban J connectivity index is 1.51. The van der Waals surface area contributed by atoms with E-state index in [1.165, 1.54) is 12.1 Å². The van der Waals surface area contributed by atoms with E-state index in [-0.39, 0.29) is 34.2 Å². The van der Waals surface area contributed by atoms with Gasteiger partial charge in [0, 0.05) is 35.4 Å². The SMILES string of the molecule is O=C1Nc2c(OC3CCS(O)(O)CC3)cc(NS(=O)(=O)c3ccc(Cl)cc3F)cc2C12CCC2. The summed E-state index contributed by atoms with van der Waals surface area (Å²) in [5, 5.41) is 2.97. The van der Waals surface area contributed by atoms with Gasteiger partial charge >= 0.3 is 0 Å². The molecule has 3 aliphatic rings. The molecule has 2 fully saturated rings. The molecule has 1 aliphatic carbocycles. The van der Waals surface area contributed by atoms with E-state index < -0.39 is 36.7 Å². The van der Waals surface area contributed by atoms with Crippen LogP contribution in [0, 0.1) is 5.82 Å². The molecule has 184 valence electrons. The second-order valence-electron chi connectivity index (χ2n) is 8.99. The molecule has 5 rings (SSSR count). The maximum Gasteiger partial charge on any atom is 0.264 e. The van der Waals surface area contributed by atoms with Gasteiger partial charge in [-0.05, 0) is 42.7 Å². The molecule has 2 aromatic rings. The molecule has 1 saturated carbocycles. The minimum atomic E-state index is -4.29. The standard InChI is InChI=1S/C22H24ClFN2O6S2/c23-13-2-3-19(17(24)10-13)34(30,31)26-14-11-16-20(25-21(27)22(16)6-1-7-22)18(12-14)32-15-4-8-33(28,29)9-5-15/h2-3,10-12,15,26,28-29H,1,4-9H2,(H,25,27). The van der Waals surface area contributed by atoms with E-state index in [0.717, 1.165) is 18.6 Å². The average molecular weight is 531 g/mol. The average Bonchev–Trinajstić information content (AvgIpc) is 3.01. The Hall–Kier alpha value is -2.05. The maximum absolute atomic E-state index is 14.3. The van der Waals surface area contributed by atoms with Crippen molar-refractivity contribution in [2.45, 2.75) is 48.5 Å². The smallest absolute Gasteiger partial charge is 0.264 e. The number of ether oxygens (including phenoxy) is 1. The van der Waals surface area contributed by atoms with Crippen molar-refractivity contribution >= 4 is 49.5 Å². The third kappa shape index (κ3) is 4.13. The van der Waals surface area contributed by atoms with Crippen molar-refractivity contribution in [2.24, 2.45) is 0 Å². The summed E-state index contributed by atoms with van der Waals surface area (Å²) in [5.41, 5.74) is 0.562. The number of amides is 1. The molecule has 12 heteroatoms. The summed E-state index contributed by atoms with van der Waals surface area (Å²) in [6.45, 7) is 0. The van der Waals surface area contributed by atoms with Crippen LogP contribution in [0.1, 0.15) is 37.7 Å². The highest BCUT2D eigenvalue weighted by Crippen LogP contribution is 2.55. The molecule has 8 nitrogen and oxygen atoms in total. The van der Waals surface area contributed by atoms with Crippen molar-refractivity contribution in [1.82, 2.24) is 0 Å². The number of hydrogen-bond donors (Lipinski definition) is 4. The van der Waals surface area contributed by atoms with Crippen LogP contribution in [0.5, 0.6) is 5.75 Å². The Morgan fingerprint density at radius 2 is 1.88 bits per heavy atom. The molecule has 1 spiro atoms. The van der Waals surface area contributed by atoms with Crippen molar-refractivity contribution < 1.29 is 31.4 Å². The van der Waals surface area contributed by atoms with Crippen LogP contribution in [0.2, 0.25) is 5.02 Å². The molecule has 0 bridgehead atoms. The number of benzene rings is 2. The molecule has 0 radical (unpaired) electrons. The highest BCUT2D eigenvalue weighted by atomic mass is 35.5. The van der Waals surface area contributed by atoms with Crippen molar-refractivity contribution in [2.75, 3.05) is 21.5 Å². The van der Waals surface area contributed by atoms with Crippen LogP contribution >= 0.6 is 22.2 Å². The minimum absolute atomic E-state index is 0.0743. The fourth-order valence-electron chi connectivity index (χ4n) is 4.74. The zero-order valence-electron chi connectivity index (χ0n) is 18.0. The first-order chi connectivity index (χ1) is 16.0. The summed E-state index contributed by atoms with van der Waals surface area (Å²) in [4.78, 5) is 12.3. The van der Waals surface area contributed by atoms with Gasteiger partial charge in [0.1, 0.15) is 22.6 Å². The van der Waals surface area contributed by atoms with E-state index in [0.29, 0.717) is 42.7 Å². The predicted octanol–water partition coefficient (Wildman–Crippen LogP) is 4.95. The van der Waals surface area contributed by atoms with Crippen molar-refractivity contribution in [3.63, 3.8) is 0 Å². The molecule has 1 saturated heterocycles. The van der Waals surface area contributed by atoms with Crippen LogP contribution in [0.25, 0.3) is 0 Å². The monoisotopic (exact) mass is 530 g/mol. The molecule has 2 aliphatic heterocycles. The van der Waals surface area contributed by atoms with E-state index in [1.54, 1.807) is 6.07 Å². The van der Waals surface area contributed by atoms with Gasteiger partial charge in [-0.3, -0.25) is 18.6 Å². The number of carbonyl (C=O) groups excluding carboxylic acids is 1. The third-order valence-corrected chi connectivity index (χ3v) is 10.2. The molecule has 0 aromatic heterocycles. The lowest BCUT2D eigenvalue weighted by Crippen LogP contribution is -2.40. The second kappa shape index (κ2) is 8.27. The van der Waals surface area contributed by atoms with E-state index in [2.05, 4.69) is 10.0 Å². The Labute approximate surface area is 203 Å². The zero-order valence-corrected chi connectivity index (χ0v) is 20.4. The van der Waals surface area contributed by atoms with Gasteiger partial charge in [0.2, 0.25) is 5.91 Å². The first-order valence-corrected chi connectivity index (χ1v) is 14.6. The first-order valence-electron chi connectivity index (χ1n) is 10.9. The van der Waals surface area contributed by atoms with Gasteiger partial charge in [0.15, 0.2) is 0 Å². The van der Waals surface area contributed by atoms with Crippen LogP contribution in [-0.4, -0.2) is 41.0 Å². The molecular formula is C22H24ClFN2O6S2. The maximum atomic E-state index is 14.3. The van der Waals surface area contributed by atoms with Crippen LogP contribution < -0.4 is 14.8 Å². The van der Waals surface area contributed by atoms with Crippen LogP contribution in [0.3, 0.4) is 0 Å². The van der Waals surface area contributed by atoms with Crippen molar-refractivity contribution in [1.29, 1.82) is 0 Å². The lowest BCUT2D eigenvalue weighted by molar-refractivity contribution is -0.123. The Bertz CT molecular complexity index is 1270. The summed E-state index contributed by atoms with van der Waals surface area (Å²) in [5.74, 6) is -0.394. The summed E-state index contributed by atoms with van der Waals surface area (Å²) in [6, 6.07) is 6.36. The fraction of sp³-hybridized carbons (Fsp3) is 0.409. The quantitative estimate of drug-likeness (QED) is 0.433. The first kappa shape index (κ1) is 23.7. The number of sulfonamides is 1. The van der Waals surface area contributed by atoms with E-state index >= 15 is 0 Å². The molecule has 2 heterocycles. The van der Waals surface area contributed by atoms with Crippen LogP contribution in [0.15, 0.2) is 35.2 Å². The molecule has 34 heavy (non-hydrogen) atoms. The highest BCUT2D eigenvalue weighted by Gasteiger charge is 2.52. The largest absolute Gasteiger partial charge is 0.488 e. The predicted molar refractivity (Wildman–Crippen MR) is 129 cm³/mol. The molecule has 0 unspecified atom stereocenters. The molecular weight excluding hydrogens is 507 g/mol. The highest BCUT2D eigenvalue weighted by molar-refractivity contribution is 8.24. The zero-order chi connectivity index (χ0) is 24.3. The number of fused-ring (bicyclic) bond motifs is 2. The second-order valence-corrected chi connectivity index (χ2v) is 13.5. The summed E-state index contributed by atoms with van der Waals surface area (Å²) >= 11 is 5.75. The molecule has 2 aromatic carbocycles. The van der Waals surface area contributed by atoms with Gasteiger partial charge in [0.25, 0.3) is 10.0 Å². The third-order valence-electron chi connectivity index (χ3n) is 6.76. The van der Waals surface area contributed by atoms with Crippen molar-refractivity contribution in [3.8, 4) is 5.75 Å². The van der Waals surface area contributed by atoms with Gasteiger partial charge in [-0.15, -0.1) is 0 Å². The molecule has 4 N–H and O–H groups in total. The number of carbonyl (C=O) groups is 1. The normalized spacial score (nSPS) is 21.9. The van der Waals surface area contributed by atoms with E-state index in [9.17, 15) is 26.7 Å². The lowest BCUT2D eigenvalue weighted by Gasteiger charge is -2.39. The summed E-state index contributed by atoms with van der Waals surface area (Å²) < 4.78 is 68.6. The number of anilines is 2. The minimum Gasteiger partial charge on any atom is -0.488 e. The van der Waals surface area contributed by atoms with Gasteiger partial charge in [0.05, 0.1) is 16.8 Å². The summed E-state index contributed by atoms with van der Waals surface area (Å²) in [6.07, 6.45) is 2.66. The topological polar surface area (TPSA) is 125 Å². The van der Waals surface area contributed by atoms with Crippen LogP contribution in [-0.2, 0) is 20.2 Å². The number of halogens is 2. The van der Waals surface area contributed by atoms with Gasteiger partial charge < -0.3 is 10.1 Å². The van der Waals surface area contributed by atoms with Crippen LogP contribution in [0.4, 0.5) is 15.8 Å². The lowest BCUT2D eigenvalue weighted by atomic mass is 9.65. The molecule has 0 atom stereocenters. The van der Waals surface area contributed by atoms with Crippen molar-refractivity contribution in [3.05, 3.63) is 46.7 Å². The van der Waals surface area contributed by atoms with E-state index in [4.69, 9.17) is 16.3 Å². The number of nitrogens with one attached hydrogen (secondary N) is 2. The van der Waals surface area contributed by atoms with Gasteiger partial charge in [-0.1, -0.05) is 18.0 Å². The Morgan fingerprint density at radius 3 is 2.50 bits per heavy atom. The fourth-order valence-corrected chi connectivity index (χ4v) is 7.49. The van der Waals surface area contributed by atoms with E-state index in [1.807, 2.05) is 0 Å². The summed E-state index contributed by atoms with van der Waals surface area (Å²) in [7, 11) is -6.89. The Morgan fingerprint density at radius 1 is 1.18 bits per heavy atom. The molecule has 1 amide bonds. The Kier molecular flexibility index (Phi) is 5.76. The van der Waals surface area contributed by atoms with Gasteiger partial charge in [-0.2, -0.15) is 10.6 Å².